The molecule has 0 saturated carbocycles. The average Bonchev–Trinajstić information content (AvgIpc) is 2.33. The van der Waals surface area contributed by atoms with Crippen LogP contribution in [0.1, 0.15) is 5.56 Å². The van der Waals surface area contributed by atoms with Gasteiger partial charge in [-0.3, -0.25) is 9.10 Å². The molecular formula is C12H14ClF3N2O3S. The number of carbonyl (C=O) groups is 1. The van der Waals surface area contributed by atoms with Crippen molar-refractivity contribution in [1.29, 1.82) is 0 Å². The van der Waals surface area contributed by atoms with E-state index in [0.717, 1.165) is 23.3 Å². The van der Waals surface area contributed by atoms with Crippen LogP contribution in [0.5, 0.6) is 0 Å². The van der Waals surface area contributed by atoms with E-state index in [9.17, 15) is 26.4 Å². The number of sulfonamides is 1. The Kier molecular flexibility index (Phi) is 5.34. The first-order chi connectivity index (χ1) is 9.84. The first-order valence-corrected chi connectivity index (χ1v) is 8.11. The third-order valence-corrected chi connectivity index (χ3v) is 4.19. The molecule has 22 heavy (non-hydrogen) atoms. The monoisotopic (exact) mass is 358 g/mol. The van der Waals surface area contributed by atoms with Crippen LogP contribution in [0.3, 0.4) is 0 Å². The lowest BCUT2D eigenvalue weighted by Crippen LogP contribution is -2.40. The van der Waals surface area contributed by atoms with Crippen molar-refractivity contribution in [3.8, 4) is 0 Å². The van der Waals surface area contributed by atoms with Crippen LogP contribution in [0.4, 0.5) is 18.9 Å². The van der Waals surface area contributed by atoms with Crippen LogP contribution in [-0.2, 0) is 21.0 Å². The second-order valence-electron chi connectivity index (χ2n) is 4.72. The Bertz CT molecular complexity index is 675. The molecule has 0 bridgehead atoms. The minimum Gasteiger partial charge on any atom is -0.347 e. The number of rotatable bonds is 4. The van der Waals surface area contributed by atoms with E-state index in [0.29, 0.717) is 10.4 Å². The Morgan fingerprint density at radius 2 is 1.82 bits per heavy atom. The molecule has 0 atom stereocenters. The number of halogens is 4. The molecule has 0 fully saturated rings. The molecule has 0 N–H and O–H groups in total. The van der Waals surface area contributed by atoms with Crippen LogP contribution in [0, 0.1) is 0 Å². The summed E-state index contributed by atoms with van der Waals surface area (Å²) >= 11 is 5.49. The lowest BCUT2D eigenvalue weighted by molar-refractivity contribution is -0.137. The molecule has 0 saturated heterocycles. The summed E-state index contributed by atoms with van der Waals surface area (Å²) in [5.41, 5.74) is -1.45. The van der Waals surface area contributed by atoms with E-state index >= 15 is 0 Å². The summed E-state index contributed by atoms with van der Waals surface area (Å²) in [7, 11) is -1.13. The smallest absolute Gasteiger partial charge is 0.347 e. The van der Waals surface area contributed by atoms with Crippen molar-refractivity contribution in [3.05, 3.63) is 28.8 Å². The predicted molar refractivity (Wildman–Crippen MR) is 77.3 cm³/mol. The molecule has 10 heteroatoms. The van der Waals surface area contributed by atoms with Gasteiger partial charge in [-0.15, -0.1) is 0 Å². The maximum absolute atomic E-state index is 12.9. The van der Waals surface area contributed by atoms with Crippen molar-refractivity contribution in [2.24, 2.45) is 0 Å². The molecule has 0 aromatic heterocycles. The van der Waals surface area contributed by atoms with Gasteiger partial charge in [0.1, 0.15) is 6.54 Å². The second kappa shape index (κ2) is 6.33. The van der Waals surface area contributed by atoms with Crippen LogP contribution in [-0.4, -0.2) is 46.1 Å². The third kappa shape index (κ3) is 4.51. The van der Waals surface area contributed by atoms with Crippen molar-refractivity contribution in [1.82, 2.24) is 4.90 Å². The fraction of sp³-hybridized carbons (Fsp3) is 0.417. The molecular weight excluding hydrogens is 345 g/mol. The Balaban J connectivity index is 3.36. The molecule has 1 rings (SSSR count). The van der Waals surface area contributed by atoms with Crippen molar-refractivity contribution >= 4 is 33.2 Å². The van der Waals surface area contributed by atoms with E-state index in [1.165, 1.54) is 14.1 Å². The highest BCUT2D eigenvalue weighted by atomic mass is 35.5. The van der Waals surface area contributed by atoms with E-state index in [1.807, 2.05) is 0 Å². The number of carbonyl (C=O) groups excluding carboxylic acids is 1. The van der Waals surface area contributed by atoms with E-state index < -0.39 is 39.2 Å². The van der Waals surface area contributed by atoms with Gasteiger partial charge in [0.2, 0.25) is 15.9 Å². The number of likely N-dealkylation sites (N-methyl/N-ethyl adjacent to an activating group) is 1. The highest BCUT2D eigenvalue weighted by Gasteiger charge is 2.34. The van der Waals surface area contributed by atoms with Crippen LogP contribution in [0.15, 0.2) is 18.2 Å². The molecule has 0 radical (unpaired) electrons. The normalized spacial score (nSPS) is 12.1. The molecule has 0 unspecified atom stereocenters. The summed E-state index contributed by atoms with van der Waals surface area (Å²) in [4.78, 5) is 12.8. The number of amides is 1. The zero-order valence-corrected chi connectivity index (χ0v) is 13.6. The molecule has 5 nitrogen and oxygen atoms in total. The largest absolute Gasteiger partial charge is 0.417 e. The second-order valence-corrected chi connectivity index (χ2v) is 7.03. The number of nitrogens with zero attached hydrogens (tertiary/aromatic N) is 2. The average molecular weight is 359 g/mol. The van der Waals surface area contributed by atoms with Gasteiger partial charge in [0.15, 0.2) is 0 Å². The fourth-order valence-corrected chi connectivity index (χ4v) is 2.62. The van der Waals surface area contributed by atoms with Crippen LogP contribution >= 0.6 is 11.6 Å². The number of hydrogen-bond donors (Lipinski definition) is 0. The maximum atomic E-state index is 12.9. The molecule has 0 aliphatic heterocycles. The quantitative estimate of drug-likeness (QED) is 0.829. The van der Waals surface area contributed by atoms with Crippen LogP contribution in [0.2, 0.25) is 5.02 Å². The predicted octanol–water partition coefficient (Wildman–Crippen LogP) is 2.21. The highest BCUT2D eigenvalue weighted by Crippen LogP contribution is 2.37. The summed E-state index contributed by atoms with van der Waals surface area (Å²) < 4.78 is 62.7. The zero-order valence-electron chi connectivity index (χ0n) is 12.0. The van der Waals surface area contributed by atoms with Gasteiger partial charge in [-0.2, -0.15) is 13.2 Å². The van der Waals surface area contributed by atoms with Crippen molar-refractivity contribution < 1.29 is 26.4 Å². The highest BCUT2D eigenvalue weighted by molar-refractivity contribution is 7.92. The lowest BCUT2D eigenvalue weighted by atomic mass is 10.2. The number of hydrogen-bond acceptors (Lipinski definition) is 3. The molecule has 1 aromatic rings. The third-order valence-electron chi connectivity index (χ3n) is 2.72. The summed E-state index contributed by atoms with van der Waals surface area (Å²) in [5, 5.41) is -0.552. The van der Waals surface area contributed by atoms with Crippen LogP contribution < -0.4 is 4.31 Å². The summed E-state index contributed by atoms with van der Waals surface area (Å²) in [6.45, 7) is -0.606. The standard InChI is InChI=1S/C12H14ClF3N2O3S/c1-17(2)11(19)7-18(22(3,20)21)8-4-5-10(13)9(6-8)12(14,15)16/h4-6H,7H2,1-3H3. The van der Waals surface area contributed by atoms with E-state index in [2.05, 4.69) is 0 Å². The van der Waals surface area contributed by atoms with E-state index in [1.54, 1.807) is 0 Å². The van der Waals surface area contributed by atoms with Gasteiger partial charge < -0.3 is 4.90 Å². The van der Waals surface area contributed by atoms with E-state index in [-0.39, 0.29) is 5.69 Å². The van der Waals surface area contributed by atoms with Gasteiger partial charge in [0.05, 0.1) is 22.5 Å². The molecule has 1 aromatic carbocycles. The topological polar surface area (TPSA) is 57.7 Å². The first-order valence-electron chi connectivity index (χ1n) is 5.88. The van der Waals surface area contributed by atoms with Gasteiger partial charge in [0.25, 0.3) is 0 Å². The van der Waals surface area contributed by atoms with Gasteiger partial charge >= 0.3 is 6.18 Å². The molecule has 0 spiro atoms. The number of benzene rings is 1. The minimum absolute atomic E-state index is 0.283. The van der Waals surface area contributed by atoms with Crippen molar-refractivity contribution in [2.45, 2.75) is 6.18 Å². The number of anilines is 1. The molecule has 0 heterocycles. The van der Waals surface area contributed by atoms with Gasteiger partial charge in [0, 0.05) is 14.1 Å². The fourth-order valence-electron chi connectivity index (χ4n) is 1.55. The van der Waals surface area contributed by atoms with Gasteiger partial charge in [-0.25, -0.2) is 8.42 Å². The van der Waals surface area contributed by atoms with Gasteiger partial charge in [-0.05, 0) is 18.2 Å². The SMILES string of the molecule is CN(C)C(=O)CN(c1ccc(Cl)c(C(F)(F)F)c1)S(C)(=O)=O. The Hall–Kier alpha value is -1.48. The Labute approximate surface area is 131 Å². The summed E-state index contributed by atoms with van der Waals surface area (Å²) in [5.74, 6) is -0.575. The van der Waals surface area contributed by atoms with Crippen LogP contribution in [0.25, 0.3) is 0 Å². The van der Waals surface area contributed by atoms with Gasteiger partial charge in [-0.1, -0.05) is 11.6 Å². The minimum atomic E-state index is -4.73. The molecule has 1 amide bonds. The number of alkyl halides is 3. The van der Waals surface area contributed by atoms with Crippen molar-refractivity contribution in [2.75, 3.05) is 31.2 Å². The maximum Gasteiger partial charge on any atom is 0.417 e. The Morgan fingerprint density at radius 1 is 1.27 bits per heavy atom. The lowest BCUT2D eigenvalue weighted by Gasteiger charge is -2.24. The van der Waals surface area contributed by atoms with E-state index in [4.69, 9.17) is 11.6 Å². The molecule has 124 valence electrons. The molecule has 0 aliphatic carbocycles. The van der Waals surface area contributed by atoms with Crippen molar-refractivity contribution in [3.63, 3.8) is 0 Å². The Morgan fingerprint density at radius 3 is 2.23 bits per heavy atom. The first kappa shape index (κ1) is 18.6. The summed E-state index contributed by atoms with van der Waals surface area (Å²) in [6, 6.07) is 2.66. The zero-order chi connectivity index (χ0) is 17.3. The molecule has 0 aliphatic rings. The summed E-state index contributed by atoms with van der Waals surface area (Å²) in [6.07, 6.45) is -3.93.